The lowest BCUT2D eigenvalue weighted by Crippen LogP contribution is -2.31. The number of nitrogens with one attached hydrogen (secondary N) is 1. The Balaban J connectivity index is 1.70. The fourth-order valence-corrected chi connectivity index (χ4v) is 3.63. The second-order valence-corrected chi connectivity index (χ2v) is 7.30. The molecule has 2 aromatic rings. The summed E-state index contributed by atoms with van der Waals surface area (Å²) in [6, 6.07) is 13.8. The number of fused-ring (bicyclic) bond motifs is 1. The van der Waals surface area contributed by atoms with Crippen molar-refractivity contribution in [2.45, 2.75) is 51.5 Å². The molecular weight excluding hydrogens is 338 g/mol. The topological polar surface area (TPSA) is 55.4 Å². The monoisotopic (exact) mass is 365 g/mol. The van der Waals surface area contributed by atoms with E-state index in [1.165, 1.54) is 31.1 Å². The summed E-state index contributed by atoms with van der Waals surface area (Å²) < 4.78 is 4.80. The lowest BCUT2D eigenvalue weighted by molar-refractivity contribution is -0.141. The lowest BCUT2D eigenvalue weighted by Gasteiger charge is -2.19. The molecule has 0 spiro atoms. The zero-order chi connectivity index (χ0) is 19.2. The van der Waals surface area contributed by atoms with Crippen LogP contribution in [-0.2, 0) is 33.6 Å². The van der Waals surface area contributed by atoms with Crippen molar-refractivity contribution in [1.29, 1.82) is 0 Å². The van der Waals surface area contributed by atoms with Gasteiger partial charge in [0.2, 0.25) is 5.91 Å². The van der Waals surface area contributed by atoms with Crippen LogP contribution in [0.5, 0.6) is 0 Å². The molecule has 1 atom stereocenters. The first kappa shape index (κ1) is 19.2. The van der Waals surface area contributed by atoms with Crippen molar-refractivity contribution in [2.75, 3.05) is 7.11 Å². The molecule has 27 heavy (non-hydrogen) atoms. The van der Waals surface area contributed by atoms with E-state index in [2.05, 4.69) is 17.4 Å². The summed E-state index contributed by atoms with van der Waals surface area (Å²) in [6.45, 7) is 2.01. The van der Waals surface area contributed by atoms with Crippen molar-refractivity contribution in [3.05, 3.63) is 70.3 Å². The van der Waals surface area contributed by atoms with Gasteiger partial charge in [0.25, 0.3) is 0 Å². The zero-order valence-electron chi connectivity index (χ0n) is 16.1. The number of esters is 1. The summed E-state index contributed by atoms with van der Waals surface area (Å²) in [4.78, 5) is 24.4. The Morgan fingerprint density at radius 1 is 1.04 bits per heavy atom. The molecule has 1 N–H and O–H groups in total. The fraction of sp³-hybridized carbons (Fsp3) is 0.391. The van der Waals surface area contributed by atoms with Gasteiger partial charge in [-0.25, -0.2) is 0 Å². The van der Waals surface area contributed by atoms with E-state index in [0.717, 1.165) is 29.5 Å². The van der Waals surface area contributed by atoms with E-state index in [9.17, 15) is 9.59 Å². The minimum absolute atomic E-state index is 0.0831. The molecule has 0 aliphatic heterocycles. The van der Waals surface area contributed by atoms with Crippen LogP contribution in [0.3, 0.4) is 0 Å². The molecule has 0 aromatic heterocycles. The van der Waals surface area contributed by atoms with Gasteiger partial charge in [-0.2, -0.15) is 0 Å². The smallest absolute Gasteiger partial charge is 0.307 e. The van der Waals surface area contributed by atoms with Gasteiger partial charge in [0.05, 0.1) is 26.0 Å². The van der Waals surface area contributed by atoms with Crippen molar-refractivity contribution >= 4 is 11.9 Å². The Morgan fingerprint density at radius 3 is 2.44 bits per heavy atom. The molecular formula is C23H27NO3. The van der Waals surface area contributed by atoms with E-state index in [1.807, 2.05) is 37.3 Å². The maximum absolute atomic E-state index is 12.6. The largest absolute Gasteiger partial charge is 0.469 e. The number of carbonyl (C=O) groups is 2. The Bertz CT molecular complexity index is 811. The van der Waals surface area contributed by atoms with Gasteiger partial charge in [-0.05, 0) is 54.9 Å². The van der Waals surface area contributed by atoms with Gasteiger partial charge in [0.1, 0.15) is 0 Å². The average Bonchev–Trinajstić information content (AvgIpc) is 2.67. The second kappa shape index (κ2) is 8.85. The summed E-state index contributed by atoms with van der Waals surface area (Å²) in [5, 5.41) is 3.01. The predicted octanol–water partition coefficient (Wildman–Crippen LogP) is 3.84. The fourth-order valence-electron chi connectivity index (χ4n) is 3.63. The highest BCUT2D eigenvalue weighted by atomic mass is 16.5. The SMILES string of the molecule is COC(=O)CC(NC(=O)Cc1ccc2c(c1)CCCC2)c1ccc(C)cc1. The van der Waals surface area contributed by atoms with Crippen LogP contribution in [0, 0.1) is 6.92 Å². The van der Waals surface area contributed by atoms with Gasteiger partial charge in [0.15, 0.2) is 0 Å². The second-order valence-electron chi connectivity index (χ2n) is 7.30. The summed E-state index contributed by atoms with van der Waals surface area (Å²) in [7, 11) is 1.36. The first-order valence-corrected chi connectivity index (χ1v) is 9.58. The number of hydrogen-bond acceptors (Lipinski definition) is 3. The number of benzene rings is 2. The molecule has 3 rings (SSSR count). The van der Waals surface area contributed by atoms with E-state index in [1.54, 1.807) is 0 Å². The third-order valence-corrected chi connectivity index (χ3v) is 5.19. The third-order valence-electron chi connectivity index (χ3n) is 5.19. The van der Waals surface area contributed by atoms with Crippen LogP contribution in [0.4, 0.5) is 0 Å². The Hall–Kier alpha value is -2.62. The molecule has 1 aliphatic rings. The molecule has 0 heterocycles. The molecule has 0 fully saturated rings. The highest BCUT2D eigenvalue weighted by Crippen LogP contribution is 2.23. The van der Waals surface area contributed by atoms with Crippen LogP contribution in [0.25, 0.3) is 0 Å². The Kier molecular flexibility index (Phi) is 6.28. The molecule has 4 heteroatoms. The maximum atomic E-state index is 12.6. The normalized spacial score (nSPS) is 14.1. The van der Waals surface area contributed by atoms with Crippen LogP contribution < -0.4 is 5.32 Å². The number of hydrogen-bond donors (Lipinski definition) is 1. The van der Waals surface area contributed by atoms with Crippen LogP contribution in [0.1, 0.15) is 53.1 Å². The first-order chi connectivity index (χ1) is 13.0. The van der Waals surface area contributed by atoms with E-state index in [-0.39, 0.29) is 24.3 Å². The van der Waals surface area contributed by atoms with E-state index in [0.29, 0.717) is 6.42 Å². The van der Waals surface area contributed by atoms with Crippen LogP contribution in [-0.4, -0.2) is 19.0 Å². The quantitative estimate of drug-likeness (QED) is 0.792. The van der Waals surface area contributed by atoms with Gasteiger partial charge in [0, 0.05) is 0 Å². The summed E-state index contributed by atoms with van der Waals surface area (Å²) in [5.74, 6) is -0.421. The zero-order valence-corrected chi connectivity index (χ0v) is 16.1. The predicted molar refractivity (Wildman–Crippen MR) is 105 cm³/mol. The average molecular weight is 365 g/mol. The van der Waals surface area contributed by atoms with Crippen molar-refractivity contribution in [3.8, 4) is 0 Å². The lowest BCUT2D eigenvalue weighted by atomic mass is 9.90. The summed E-state index contributed by atoms with van der Waals surface area (Å²) in [6.07, 6.45) is 5.14. The molecule has 0 saturated carbocycles. The highest BCUT2D eigenvalue weighted by molar-refractivity contribution is 5.80. The Labute approximate surface area is 160 Å². The molecule has 1 amide bonds. The van der Waals surface area contributed by atoms with Crippen molar-refractivity contribution in [2.24, 2.45) is 0 Å². The molecule has 2 aromatic carbocycles. The minimum Gasteiger partial charge on any atom is -0.469 e. The van der Waals surface area contributed by atoms with Gasteiger partial charge in [-0.1, -0.05) is 48.0 Å². The molecule has 0 saturated heterocycles. The summed E-state index contributed by atoms with van der Waals surface area (Å²) in [5.41, 5.74) is 5.85. The van der Waals surface area contributed by atoms with E-state index in [4.69, 9.17) is 4.74 Å². The highest BCUT2D eigenvalue weighted by Gasteiger charge is 2.19. The summed E-state index contributed by atoms with van der Waals surface area (Å²) >= 11 is 0. The van der Waals surface area contributed by atoms with E-state index < -0.39 is 0 Å². The number of carbonyl (C=O) groups excluding carboxylic acids is 2. The minimum atomic E-state index is -0.386. The van der Waals surface area contributed by atoms with Crippen molar-refractivity contribution < 1.29 is 14.3 Å². The third kappa shape index (κ3) is 5.19. The molecule has 0 bridgehead atoms. The van der Waals surface area contributed by atoms with E-state index >= 15 is 0 Å². The van der Waals surface area contributed by atoms with Crippen LogP contribution >= 0.6 is 0 Å². The molecule has 142 valence electrons. The number of rotatable bonds is 6. The van der Waals surface area contributed by atoms with Gasteiger partial charge >= 0.3 is 5.97 Å². The van der Waals surface area contributed by atoms with Crippen LogP contribution in [0.15, 0.2) is 42.5 Å². The Morgan fingerprint density at radius 2 is 1.74 bits per heavy atom. The number of aryl methyl sites for hydroxylation is 3. The molecule has 4 nitrogen and oxygen atoms in total. The molecule has 1 aliphatic carbocycles. The van der Waals surface area contributed by atoms with Crippen LogP contribution in [0.2, 0.25) is 0 Å². The van der Waals surface area contributed by atoms with Gasteiger partial charge < -0.3 is 10.1 Å². The number of amides is 1. The van der Waals surface area contributed by atoms with Gasteiger partial charge in [-0.15, -0.1) is 0 Å². The number of methoxy groups -OCH3 is 1. The first-order valence-electron chi connectivity index (χ1n) is 9.58. The van der Waals surface area contributed by atoms with Crippen molar-refractivity contribution in [1.82, 2.24) is 5.32 Å². The molecule has 0 radical (unpaired) electrons. The van der Waals surface area contributed by atoms with Gasteiger partial charge in [-0.3, -0.25) is 9.59 Å². The number of ether oxygens (including phenoxy) is 1. The molecule has 1 unspecified atom stereocenters. The van der Waals surface area contributed by atoms with Crippen molar-refractivity contribution in [3.63, 3.8) is 0 Å². The maximum Gasteiger partial charge on any atom is 0.307 e. The standard InChI is InChI=1S/C23H27NO3/c1-16-7-10-19(11-8-16)21(15-23(26)27-2)24-22(25)14-17-9-12-18-5-3-4-6-20(18)13-17/h7-13,21H,3-6,14-15H2,1-2H3,(H,24,25).